The number of ether oxygens (including phenoxy) is 1. The van der Waals surface area contributed by atoms with Gasteiger partial charge in [0, 0.05) is 30.8 Å². The molecule has 2 heterocycles. The fourth-order valence-electron chi connectivity index (χ4n) is 2.39. The predicted octanol–water partition coefficient (Wildman–Crippen LogP) is 2.67. The Balaban J connectivity index is 1.75. The first-order chi connectivity index (χ1) is 9.86. The van der Waals surface area contributed by atoms with E-state index < -0.39 is 0 Å². The highest BCUT2D eigenvalue weighted by Crippen LogP contribution is 2.27. The van der Waals surface area contributed by atoms with E-state index in [1.54, 1.807) is 0 Å². The van der Waals surface area contributed by atoms with Crippen LogP contribution in [0.4, 0.5) is 5.69 Å². The van der Waals surface area contributed by atoms with E-state index in [1.165, 1.54) is 17.7 Å². The van der Waals surface area contributed by atoms with E-state index in [0.717, 1.165) is 18.5 Å². The standard InChI is InChI=1S/C15H19N3O2/c1-2-19-9-7-14-17-15(20-18-14)12-5-6-13-11(10-12)4-3-8-16-13/h5-6,10,16H,2-4,7-9H2,1H3. The third-order valence-corrected chi connectivity index (χ3v) is 3.43. The molecule has 1 aromatic heterocycles. The Bertz CT molecular complexity index is 580. The van der Waals surface area contributed by atoms with E-state index in [0.29, 0.717) is 31.3 Å². The second-order valence-corrected chi connectivity index (χ2v) is 4.86. The Hall–Kier alpha value is -1.88. The highest BCUT2D eigenvalue weighted by molar-refractivity contribution is 5.63. The van der Waals surface area contributed by atoms with Crippen LogP contribution < -0.4 is 5.32 Å². The molecule has 0 saturated heterocycles. The maximum Gasteiger partial charge on any atom is 0.257 e. The van der Waals surface area contributed by atoms with Gasteiger partial charge in [-0.05, 0) is 43.5 Å². The van der Waals surface area contributed by atoms with Crippen molar-refractivity contribution in [1.82, 2.24) is 10.1 Å². The largest absolute Gasteiger partial charge is 0.385 e. The molecule has 0 unspecified atom stereocenters. The lowest BCUT2D eigenvalue weighted by molar-refractivity contribution is 0.149. The molecule has 0 atom stereocenters. The number of nitrogens with one attached hydrogen (secondary N) is 1. The summed E-state index contributed by atoms with van der Waals surface area (Å²) in [7, 11) is 0. The van der Waals surface area contributed by atoms with Gasteiger partial charge >= 0.3 is 0 Å². The molecular weight excluding hydrogens is 254 g/mol. The van der Waals surface area contributed by atoms with E-state index in [1.807, 2.05) is 13.0 Å². The summed E-state index contributed by atoms with van der Waals surface area (Å²) in [6.07, 6.45) is 2.95. The number of hydrogen-bond donors (Lipinski definition) is 1. The fourth-order valence-corrected chi connectivity index (χ4v) is 2.39. The Morgan fingerprint density at radius 2 is 2.35 bits per heavy atom. The van der Waals surface area contributed by atoms with Crippen molar-refractivity contribution in [3.63, 3.8) is 0 Å². The van der Waals surface area contributed by atoms with Gasteiger partial charge in [-0.15, -0.1) is 0 Å². The Morgan fingerprint density at radius 3 is 3.25 bits per heavy atom. The van der Waals surface area contributed by atoms with Gasteiger partial charge in [-0.1, -0.05) is 5.16 Å². The molecule has 0 saturated carbocycles. The van der Waals surface area contributed by atoms with Gasteiger partial charge in [-0.3, -0.25) is 0 Å². The zero-order chi connectivity index (χ0) is 13.8. The molecule has 20 heavy (non-hydrogen) atoms. The van der Waals surface area contributed by atoms with Crippen LogP contribution in [0.25, 0.3) is 11.5 Å². The highest BCUT2D eigenvalue weighted by Gasteiger charge is 2.13. The second-order valence-electron chi connectivity index (χ2n) is 4.86. The summed E-state index contributed by atoms with van der Waals surface area (Å²) in [6, 6.07) is 6.26. The average molecular weight is 273 g/mol. The molecule has 0 radical (unpaired) electrons. The summed E-state index contributed by atoms with van der Waals surface area (Å²) in [5.74, 6) is 1.29. The molecule has 5 nitrogen and oxygen atoms in total. The zero-order valence-corrected chi connectivity index (χ0v) is 11.7. The van der Waals surface area contributed by atoms with Crippen molar-refractivity contribution in [2.24, 2.45) is 0 Å². The monoisotopic (exact) mass is 273 g/mol. The summed E-state index contributed by atoms with van der Waals surface area (Å²) in [6.45, 7) is 4.36. The van der Waals surface area contributed by atoms with Gasteiger partial charge in [0.1, 0.15) is 0 Å². The van der Waals surface area contributed by atoms with Gasteiger partial charge in [0.15, 0.2) is 5.82 Å². The second kappa shape index (κ2) is 6.05. The summed E-state index contributed by atoms with van der Waals surface area (Å²) in [5, 5.41) is 7.39. The van der Waals surface area contributed by atoms with Crippen LogP contribution in [0, 0.1) is 0 Å². The zero-order valence-electron chi connectivity index (χ0n) is 11.7. The minimum absolute atomic E-state index is 0.588. The quantitative estimate of drug-likeness (QED) is 0.849. The smallest absolute Gasteiger partial charge is 0.257 e. The molecule has 0 amide bonds. The van der Waals surface area contributed by atoms with Gasteiger partial charge in [0.2, 0.25) is 0 Å². The first-order valence-corrected chi connectivity index (χ1v) is 7.14. The molecular formula is C15H19N3O2. The van der Waals surface area contributed by atoms with Gasteiger partial charge in [0.05, 0.1) is 6.61 Å². The number of fused-ring (bicyclic) bond motifs is 1. The van der Waals surface area contributed by atoms with E-state index in [4.69, 9.17) is 9.26 Å². The van der Waals surface area contributed by atoms with Crippen molar-refractivity contribution in [3.8, 4) is 11.5 Å². The summed E-state index contributed by atoms with van der Waals surface area (Å²) < 4.78 is 10.6. The molecule has 1 aliphatic heterocycles. The van der Waals surface area contributed by atoms with Crippen LogP contribution in [0.3, 0.4) is 0 Å². The molecule has 106 valence electrons. The molecule has 2 aromatic rings. The Morgan fingerprint density at radius 1 is 1.40 bits per heavy atom. The third kappa shape index (κ3) is 2.82. The number of aryl methyl sites for hydroxylation is 1. The van der Waals surface area contributed by atoms with Crippen LogP contribution in [0.15, 0.2) is 22.7 Å². The lowest BCUT2D eigenvalue weighted by atomic mass is 10.0. The Kier molecular flexibility index (Phi) is 3.97. The maximum absolute atomic E-state index is 5.34. The van der Waals surface area contributed by atoms with Crippen LogP contribution in [-0.2, 0) is 17.6 Å². The molecule has 0 aliphatic carbocycles. The number of rotatable bonds is 5. The van der Waals surface area contributed by atoms with Crippen LogP contribution in [0.1, 0.15) is 24.7 Å². The van der Waals surface area contributed by atoms with E-state index in [-0.39, 0.29) is 0 Å². The number of benzene rings is 1. The summed E-state index contributed by atoms with van der Waals surface area (Å²) in [4.78, 5) is 4.42. The summed E-state index contributed by atoms with van der Waals surface area (Å²) >= 11 is 0. The minimum Gasteiger partial charge on any atom is -0.385 e. The number of hydrogen-bond acceptors (Lipinski definition) is 5. The van der Waals surface area contributed by atoms with Crippen molar-refractivity contribution in [3.05, 3.63) is 29.6 Å². The van der Waals surface area contributed by atoms with Crippen molar-refractivity contribution in [2.45, 2.75) is 26.2 Å². The van der Waals surface area contributed by atoms with Crippen molar-refractivity contribution in [2.75, 3.05) is 25.1 Å². The summed E-state index contributed by atoms with van der Waals surface area (Å²) in [5.41, 5.74) is 3.53. The minimum atomic E-state index is 0.588. The molecule has 1 aliphatic rings. The lowest BCUT2D eigenvalue weighted by Crippen LogP contribution is -2.11. The number of nitrogens with zero attached hydrogens (tertiary/aromatic N) is 2. The molecule has 0 spiro atoms. The lowest BCUT2D eigenvalue weighted by Gasteiger charge is -2.17. The molecule has 1 aromatic carbocycles. The van der Waals surface area contributed by atoms with Crippen LogP contribution >= 0.6 is 0 Å². The predicted molar refractivity (Wildman–Crippen MR) is 76.7 cm³/mol. The van der Waals surface area contributed by atoms with Crippen LogP contribution in [0.5, 0.6) is 0 Å². The van der Waals surface area contributed by atoms with Crippen molar-refractivity contribution in [1.29, 1.82) is 0 Å². The van der Waals surface area contributed by atoms with E-state index in [9.17, 15) is 0 Å². The van der Waals surface area contributed by atoms with E-state index >= 15 is 0 Å². The third-order valence-electron chi connectivity index (χ3n) is 3.43. The average Bonchev–Trinajstić information content (AvgIpc) is 2.96. The Labute approximate surface area is 118 Å². The number of anilines is 1. The van der Waals surface area contributed by atoms with Crippen molar-refractivity contribution >= 4 is 5.69 Å². The van der Waals surface area contributed by atoms with E-state index in [2.05, 4.69) is 27.6 Å². The molecule has 3 rings (SSSR count). The normalized spacial score (nSPS) is 13.8. The molecule has 0 bridgehead atoms. The topological polar surface area (TPSA) is 60.2 Å². The first-order valence-electron chi connectivity index (χ1n) is 7.14. The molecule has 0 fully saturated rings. The van der Waals surface area contributed by atoms with Crippen LogP contribution in [-0.4, -0.2) is 29.9 Å². The number of aromatic nitrogens is 2. The van der Waals surface area contributed by atoms with Gasteiger partial charge in [0.25, 0.3) is 5.89 Å². The molecule has 1 N–H and O–H groups in total. The fraction of sp³-hybridized carbons (Fsp3) is 0.467. The highest BCUT2D eigenvalue weighted by atomic mass is 16.5. The SMILES string of the molecule is CCOCCc1noc(-c2ccc3c(c2)CCCN3)n1. The van der Waals surface area contributed by atoms with Gasteiger partial charge in [-0.25, -0.2) is 0 Å². The van der Waals surface area contributed by atoms with Gasteiger partial charge in [-0.2, -0.15) is 4.98 Å². The maximum atomic E-state index is 5.34. The van der Waals surface area contributed by atoms with Gasteiger partial charge < -0.3 is 14.6 Å². The molecule has 5 heteroatoms. The van der Waals surface area contributed by atoms with Crippen LogP contribution in [0.2, 0.25) is 0 Å². The van der Waals surface area contributed by atoms with Crippen molar-refractivity contribution < 1.29 is 9.26 Å². The first kappa shape index (κ1) is 13.1.